The van der Waals surface area contributed by atoms with Gasteiger partial charge in [0.1, 0.15) is 11.4 Å². The SMILES string of the molecule is Cc1cc(O)c(-c2nnccc2NCC2(O)CCCC2)c(C(F)(F)F)c1. The van der Waals surface area contributed by atoms with Crippen molar-refractivity contribution >= 4 is 5.69 Å². The number of hydrogen-bond donors (Lipinski definition) is 3. The molecule has 0 spiro atoms. The normalized spacial score (nSPS) is 16.7. The Morgan fingerprint density at radius 2 is 1.92 bits per heavy atom. The van der Waals surface area contributed by atoms with E-state index < -0.39 is 28.7 Å². The predicted octanol–water partition coefficient (Wildman–Crippen LogP) is 3.89. The van der Waals surface area contributed by atoms with Crippen molar-refractivity contribution in [3.63, 3.8) is 0 Å². The molecule has 1 aliphatic carbocycles. The minimum absolute atomic E-state index is 0.0982. The molecule has 0 bridgehead atoms. The monoisotopic (exact) mass is 367 g/mol. The Morgan fingerprint density at radius 1 is 1.23 bits per heavy atom. The molecule has 1 aromatic carbocycles. The standard InChI is InChI=1S/C18H20F3N3O2/c1-11-8-12(18(19,20)21)15(14(25)9-11)16-13(4-7-23-24-16)22-10-17(26)5-2-3-6-17/h4,7-9,25-26H,2-3,5-6,10H2,1H3,(H,22,23). The third-order valence-corrected chi connectivity index (χ3v) is 4.67. The van der Waals surface area contributed by atoms with Crippen molar-refractivity contribution in [1.29, 1.82) is 0 Å². The summed E-state index contributed by atoms with van der Waals surface area (Å²) in [5.41, 5.74) is -1.81. The Balaban J connectivity index is 2.03. The number of nitrogens with zero attached hydrogens (tertiary/aromatic N) is 2. The maximum Gasteiger partial charge on any atom is 0.417 e. The van der Waals surface area contributed by atoms with Crippen LogP contribution in [0.25, 0.3) is 11.3 Å². The highest BCUT2D eigenvalue weighted by Crippen LogP contribution is 2.44. The Hall–Kier alpha value is -2.35. The van der Waals surface area contributed by atoms with Crippen LogP contribution in [0.5, 0.6) is 5.75 Å². The van der Waals surface area contributed by atoms with Gasteiger partial charge in [-0.1, -0.05) is 12.8 Å². The van der Waals surface area contributed by atoms with Crippen LogP contribution in [-0.2, 0) is 6.18 Å². The molecule has 0 amide bonds. The zero-order valence-corrected chi connectivity index (χ0v) is 14.3. The minimum Gasteiger partial charge on any atom is -0.507 e. The number of alkyl halides is 3. The van der Waals surface area contributed by atoms with E-state index in [-0.39, 0.29) is 23.5 Å². The zero-order valence-electron chi connectivity index (χ0n) is 14.3. The highest BCUT2D eigenvalue weighted by atomic mass is 19.4. The molecule has 3 N–H and O–H groups in total. The number of anilines is 1. The Labute approximate surface area is 148 Å². The fraction of sp³-hybridized carbons (Fsp3) is 0.444. The van der Waals surface area contributed by atoms with Gasteiger partial charge >= 0.3 is 6.18 Å². The Kier molecular flexibility index (Phi) is 4.79. The number of aromatic hydroxyl groups is 1. The molecule has 1 aliphatic rings. The highest BCUT2D eigenvalue weighted by molar-refractivity contribution is 5.81. The van der Waals surface area contributed by atoms with Gasteiger partial charge in [-0.2, -0.15) is 18.3 Å². The maximum absolute atomic E-state index is 13.5. The number of phenols is 1. The molecule has 0 unspecified atom stereocenters. The van der Waals surface area contributed by atoms with Gasteiger partial charge < -0.3 is 15.5 Å². The zero-order chi connectivity index (χ0) is 18.9. The molecule has 0 atom stereocenters. The van der Waals surface area contributed by atoms with E-state index in [2.05, 4.69) is 15.5 Å². The molecule has 1 aromatic heterocycles. The third-order valence-electron chi connectivity index (χ3n) is 4.67. The number of aryl methyl sites for hydroxylation is 1. The van der Waals surface area contributed by atoms with Crippen LogP contribution in [0.15, 0.2) is 24.4 Å². The van der Waals surface area contributed by atoms with Crippen LogP contribution in [0.3, 0.4) is 0 Å². The molecular weight excluding hydrogens is 347 g/mol. The summed E-state index contributed by atoms with van der Waals surface area (Å²) in [5.74, 6) is -0.513. The van der Waals surface area contributed by atoms with Gasteiger partial charge in [-0.05, 0) is 43.5 Å². The van der Waals surface area contributed by atoms with Gasteiger partial charge in [-0.25, -0.2) is 0 Å². The second-order valence-corrected chi connectivity index (χ2v) is 6.78. The molecule has 0 aliphatic heterocycles. The molecule has 26 heavy (non-hydrogen) atoms. The largest absolute Gasteiger partial charge is 0.507 e. The van der Waals surface area contributed by atoms with E-state index in [9.17, 15) is 23.4 Å². The van der Waals surface area contributed by atoms with Crippen LogP contribution in [0.1, 0.15) is 36.8 Å². The number of halogens is 3. The highest BCUT2D eigenvalue weighted by Gasteiger charge is 2.37. The first kappa shape index (κ1) is 18.4. The first-order valence-corrected chi connectivity index (χ1v) is 8.39. The smallest absolute Gasteiger partial charge is 0.417 e. The first-order valence-electron chi connectivity index (χ1n) is 8.39. The lowest BCUT2D eigenvalue weighted by Gasteiger charge is -2.24. The van der Waals surface area contributed by atoms with Crippen molar-refractivity contribution in [1.82, 2.24) is 10.2 Å². The third kappa shape index (κ3) is 3.75. The van der Waals surface area contributed by atoms with Gasteiger partial charge in [0.05, 0.1) is 28.6 Å². The lowest BCUT2D eigenvalue weighted by Crippen LogP contribution is -2.33. The van der Waals surface area contributed by atoms with Crippen LogP contribution < -0.4 is 5.32 Å². The van der Waals surface area contributed by atoms with E-state index >= 15 is 0 Å². The second kappa shape index (κ2) is 6.75. The average Bonchev–Trinajstić information content (AvgIpc) is 2.99. The summed E-state index contributed by atoms with van der Waals surface area (Å²) >= 11 is 0. The van der Waals surface area contributed by atoms with Crippen LogP contribution in [0.4, 0.5) is 18.9 Å². The number of aromatic nitrogens is 2. The van der Waals surface area contributed by atoms with Crippen molar-refractivity contribution in [2.45, 2.75) is 44.4 Å². The molecule has 3 rings (SSSR count). The van der Waals surface area contributed by atoms with Crippen molar-refractivity contribution in [2.75, 3.05) is 11.9 Å². The van der Waals surface area contributed by atoms with Gasteiger partial charge in [0.2, 0.25) is 0 Å². The first-order chi connectivity index (χ1) is 12.2. The molecule has 2 aromatic rings. The van der Waals surface area contributed by atoms with Crippen LogP contribution in [0, 0.1) is 6.92 Å². The second-order valence-electron chi connectivity index (χ2n) is 6.78. The van der Waals surface area contributed by atoms with Crippen LogP contribution >= 0.6 is 0 Å². The average molecular weight is 367 g/mol. The van der Waals surface area contributed by atoms with Crippen LogP contribution in [0.2, 0.25) is 0 Å². The van der Waals surface area contributed by atoms with E-state index in [0.717, 1.165) is 18.9 Å². The molecule has 1 fully saturated rings. The van der Waals surface area contributed by atoms with Gasteiger partial charge in [-0.3, -0.25) is 0 Å². The van der Waals surface area contributed by atoms with Gasteiger partial charge in [-0.15, -0.1) is 5.10 Å². The molecular formula is C18H20F3N3O2. The van der Waals surface area contributed by atoms with E-state index in [1.54, 1.807) is 0 Å². The maximum atomic E-state index is 13.5. The predicted molar refractivity (Wildman–Crippen MR) is 90.8 cm³/mol. The van der Waals surface area contributed by atoms with Crippen molar-refractivity contribution in [3.05, 3.63) is 35.5 Å². The number of phenolic OH excluding ortho intramolecular Hbond substituents is 1. The summed E-state index contributed by atoms with van der Waals surface area (Å²) in [7, 11) is 0. The summed E-state index contributed by atoms with van der Waals surface area (Å²) in [5, 5.41) is 31.1. The summed E-state index contributed by atoms with van der Waals surface area (Å²) < 4.78 is 40.5. The van der Waals surface area contributed by atoms with E-state index in [4.69, 9.17) is 0 Å². The number of rotatable bonds is 4. The number of hydrogen-bond acceptors (Lipinski definition) is 5. The van der Waals surface area contributed by atoms with Gasteiger partial charge in [0.15, 0.2) is 0 Å². The summed E-state index contributed by atoms with van der Waals surface area (Å²) in [6, 6.07) is 3.71. The minimum atomic E-state index is -4.66. The van der Waals surface area contributed by atoms with Crippen molar-refractivity contribution in [2.24, 2.45) is 0 Å². The topological polar surface area (TPSA) is 78.3 Å². The molecule has 140 valence electrons. The summed E-state index contributed by atoms with van der Waals surface area (Å²) in [6.07, 6.45) is -0.206. The molecule has 1 saturated carbocycles. The quantitative estimate of drug-likeness (QED) is 0.764. The van der Waals surface area contributed by atoms with Gasteiger partial charge in [0.25, 0.3) is 0 Å². The van der Waals surface area contributed by atoms with Gasteiger partial charge in [0, 0.05) is 6.54 Å². The molecule has 1 heterocycles. The van der Waals surface area contributed by atoms with E-state index in [1.165, 1.54) is 25.3 Å². The summed E-state index contributed by atoms with van der Waals surface area (Å²) in [6.45, 7) is 1.67. The van der Waals surface area contributed by atoms with Crippen LogP contribution in [-0.4, -0.2) is 32.6 Å². The number of aliphatic hydroxyl groups is 1. The lowest BCUT2D eigenvalue weighted by atomic mass is 9.98. The van der Waals surface area contributed by atoms with Crippen molar-refractivity contribution in [3.8, 4) is 17.0 Å². The fourth-order valence-corrected chi connectivity index (χ4v) is 3.37. The number of benzene rings is 1. The number of nitrogens with one attached hydrogen (secondary N) is 1. The van der Waals surface area contributed by atoms with E-state index in [1.807, 2.05) is 0 Å². The molecule has 0 saturated heterocycles. The lowest BCUT2D eigenvalue weighted by molar-refractivity contribution is -0.137. The fourth-order valence-electron chi connectivity index (χ4n) is 3.37. The van der Waals surface area contributed by atoms with E-state index in [0.29, 0.717) is 12.8 Å². The molecule has 5 nitrogen and oxygen atoms in total. The summed E-state index contributed by atoms with van der Waals surface area (Å²) in [4.78, 5) is 0. The Morgan fingerprint density at radius 3 is 2.58 bits per heavy atom. The molecule has 0 radical (unpaired) electrons. The molecule has 8 heteroatoms. The van der Waals surface area contributed by atoms with Crippen molar-refractivity contribution < 1.29 is 23.4 Å². The Bertz CT molecular complexity index is 803.